The maximum Gasteiger partial charge on any atom is 0.242 e. The molecule has 0 aliphatic heterocycles. The first-order chi connectivity index (χ1) is 9.03. The number of halogens is 1. The number of aliphatic hydroxyl groups excluding tert-OH is 1. The zero-order chi connectivity index (χ0) is 13.9. The lowest BCUT2D eigenvalue weighted by atomic mass is 10.2. The Morgan fingerprint density at radius 3 is 2.84 bits per heavy atom. The third-order valence-corrected chi connectivity index (χ3v) is 4.69. The molecule has 0 radical (unpaired) electrons. The number of sulfonamides is 1. The highest BCUT2D eigenvalue weighted by Gasteiger charge is 2.18. The average Bonchev–Trinajstić information content (AvgIpc) is 2.90. The molecule has 0 fully saturated rings. The van der Waals surface area contributed by atoms with Crippen molar-refractivity contribution in [3.63, 3.8) is 0 Å². The van der Waals surface area contributed by atoms with Crippen LogP contribution in [0.15, 0.2) is 38.5 Å². The fraction of sp³-hybridized carbons (Fsp3) is 0.200. The van der Waals surface area contributed by atoms with Gasteiger partial charge in [0.05, 0.1) is 18.0 Å². The van der Waals surface area contributed by atoms with Crippen LogP contribution < -0.4 is 4.72 Å². The number of rotatable bonds is 5. The summed E-state index contributed by atoms with van der Waals surface area (Å²) in [5.74, 6) is 0.234. The fourth-order valence-corrected chi connectivity index (χ4v) is 3.35. The Morgan fingerprint density at radius 1 is 1.42 bits per heavy atom. The number of benzene rings is 1. The summed E-state index contributed by atoms with van der Waals surface area (Å²) in [5, 5.41) is 12.5. The molecule has 7 nitrogen and oxygen atoms in total. The van der Waals surface area contributed by atoms with Gasteiger partial charge in [0, 0.05) is 4.47 Å². The lowest BCUT2D eigenvalue weighted by molar-refractivity contribution is 0.281. The first kappa shape index (κ1) is 14.1. The van der Waals surface area contributed by atoms with Gasteiger partial charge in [-0.2, -0.15) is 4.98 Å². The van der Waals surface area contributed by atoms with Crippen LogP contribution in [0.3, 0.4) is 0 Å². The Hall–Kier alpha value is -1.29. The number of nitrogens with zero attached hydrogens (tertiary/aromatic N) is 2. The van der Waals surface area contributed by atoms with Crippen LogP contribution in [0.5, 0.6) is 0 Å². The Kier molecular flexibility index (Phi) is 4.30. The van der Waals surface area contributed by atoms with Gasteiger partial charge < -0.3 is 9.63 Å². The highest BCUT2D eigenvalue weighted by Crippen LogP contribution is 2.23. The SMILES string of the molecule is O=S(=O)(NCc1ncon1)c1cc(CO)ccc1Br. The average molecular weight is 348 g/mol. The van der Waals surface area contributed by atoms with Gasteiger partial charge in [-0.15, -0.1) is 0 Å². The smallest absolute Gasteiger partial charge is 0.242 e. The molecule has 102 valence electrons. The number of hydrogen-bond donors (Lipinski definition) is 2. The maximum atomic E-state index is 12.1. The number of nitrogens with one attached hydrogen (secondary N) is 1. The van der Waals surface area contributed by atoms with E-state index in [9.17, 15) is 8.42 Å². The van der Waals surface area contributed by atoms with Crippen molar-refractivity contribution in [3.8, 4) is 0 Å². The second kappa shape index (κ2) is 5.78. The quantitative estimate of drug-likeness (QED) is 0.828. The molecule has 1 heterocycles. The summed E-state index contributed by atoms with van der Waals surface area (Å²) >= 11 is 3.16. The molecule has 9 heteroatoms. The van der Waals surface area contributed by atoms with E-state index in [0.717, 1.165) is 6.39 Å². The summed E-state index contributed by atoms with van der Waals surface area (Å²) < 4.78 is 31.5. The van der Waals surface area contributed by atoms with E-state index < -0.39 is 10.0 Å². The molecule has 0 spiro atoms. The van der Waals surface area contributed by atoms with E-state index in [0.29, 0.717) is 10.0 Å². The number of aromatic nitrogens is 2. The number of aliphatic hydroxyl groups is 1. The van der Waals surface area contributed by atoms with E-state index in [2.05, 4.69) is 35.3 Å². The van der Waals surface area contributed by atoms with Crippen LogP contribution in [-0.2, 0) is 23.2 Å². The Labute approximate surface area is 117 Å². The zero-order valence-electron chi connectivity index (χ0n) is 9.58. The zero-order valence-corrected chi connectivity index (χ0v) is 12.0. The first-order valence-electron chi connectivity index (χ1n) is 5.17. The Balaban J connectivity index is 2.23. The van der Waals surface area contributed by atoms with Crippen LogP contribution in [0.25, 0.3) is 0 Å². The minimum atomic E-state index is -3.73. The van der Waals surface area contributed by atoms with Gasteiger partial charge in [0.1, 0.15) is 0 Å². The number of hydrogen-bond acceptors (Lipinski definition) is 6. The minimum absolute atomic E-state index is 0.0440. The fourth-order valence-electron chi connectivity index (χ4n) is 1.36. The van der Waals surface area contributed by atoms with Crippen molar-refractivity contribution >= 4 is 26.0 Å². The second-order valence-corrected chi connectivity index (χ2v) is 6.18. The molecular formula is C10H10BrN3O4S. The Bertz CT molecular complexity index is 657. The van der Waals surface area contributed by atoms with Gasteiger partial charge in [-0.1, -0.05) is 11.2 Å². The molecule has 0 bridgehead atoms. The van der Waals surface area contributed by atoms with Gasteiger partial charge in [0.15, 0.2) is 5.82 Å². The summed E-state index contributed by atoms with van der Waals surface area (Å²) in [4.78, 5) is 3.76. The predicted molar refractivity (Wildman–Crippen MR) is 68.4 cm³/mol. The molecule has 0 aliphatic rings. The molecule has 0 unspecified atom stereocenters. The van der Waals surface area contributed by atoms with E-state index in [1.54, 1.807) is 12.1 Å². The molecule has 1 aromatic heterocycles. The highest BCUT2D eigenvalue weighted by atomic mass is 79.9. The third kappa shape index (κ3) is 3.38. The molecule has 19 heavy (non-hydrogen) atoms. The molecule has 0 amide bonds. The summed E-state index contributed by atoms with van der Waals surface area (Å²) in [6.45, 7) is -0.310. The molecule has 0 aliphatic carbocycles. The highest BCUT2D eigenvalue weighted by molar-refractivity contribution is 9.10. The van der Waals surface area contributed by atoms with Crippen LogP contribution in [0.2, 0.25) is 0 Å². The molecule has 1 aromatic carbocycles. The molecule has 2 aromatic rings. The summed E-state index contributed by atoms with van der Waals surface area (Å²) in [7, 11) is -3.73. The van der Waals surface area contributed by atoms with Crippen LogP contribution in [0, 0.1) is 0 Å². The van der Waals surface area contributed by atoms with Gasteiger partial charge in [-0.25, -0.2) is 13.1 Å². The van der Waals surface area contributed by atoms with Gasteiger partial charge >= 0.3 is 0 Å². The van der Waals surface area contributed by atoms with Crippen molar-refractivity contribution in [2.45, 2.75) is 18.0 Å². The Morgan fingerprint density at radius 2 is 2.21 bits per heavy atom. The van der Waals surface area contributed by atoms with E-state index >= 15 is 0 Å². The molecule has 2 rings (SSSR count). The molecule has 0 saturated carbocycles. The lowest BCUT2D eigenvalue weighted by Crippen LogP contribution is -2.24. The standard InChI is InChI=1S/C10H10BrN3O4S/c11-8-2-1-7(5-15)3-9(8)19(16,17)13-4-10-12-6-18-14-10/h1-3,6,13,15H,4-5H2. The topological polar surface area (TPSA) is 105 Å². The molecular weight excluding hydrogens is 338 g/mol. The first-order valence-corrected chi connectivity index (χ1v) is 7.45. The molecule has 2 N–H and O–H groups in total. The van der Waals surface area contributed by atoms with Gasteiger partial charge in [0.2, 0.25) is 16.4 Å². The van der Waals surface area contributed by atoms with Crippen molar-refractivity contribution < 1.29 is 18.0 Å². The van der Waals surface area contributed by atoms with Gasteiger partial charge in [-0.05, 0) is 33.6 Å². The van der Waals surface area contributed by atoms with Crippen molar-refractivity contribution in [2.24, 2.45) is 0 Å². The summed E-state index contributed by atoms with van der Waals surface area (Å²) in [6, 6.07) is 4.58. The normalized spacial score (nSPS) is 11.7. The molecule has 0 saturated heterocycles. The van der Waals surface area contributed by atoms with Gasteiger partial charge in [0.25, 0.3) is 0 Å². The largest absolute Gasteiger partial charge is 0.392 e. The van der Waals surface area contributed by atoms with Crippen LogP contribution in [0.4, 0.5) is 0 Å². The lowest BCUT2D eigenvalue weighted by Gasteiger charge is -2.08. The van der Waals surface area contributed by atoms with Crippen molar-refractivity contribution in [2.75, 3.05) is 0 Å². The maximum absolute atomic E-state index is 12.1. The van der Waals surface area contributed by atoms with E-state index in [1.807, 2.05) is 0 Å². The van der Waals surface area contributed by atoms with Crippen LogP contribution in [0.1, 0.15) is 11.4 Å². The van der Waals surface area contributed by atoms with Crippen LogP contribution in [-0.4, -0.2) is 23.7 Å². The van der Waals surface area contributed by atoms with Crippen molar-refractivity contribution in [1.29, 1.82) is 0 Å². The van der Waals surface area contributed by atoms with E-state index in [1.165, 1.54) is 6.07 Å². The second-order valence-electron chi connectivity index (χ2n) is 3.59. The van der Waals surface area contributed by atoms with E-state index in [4.69, 9.17) is 5.11 Å². The third-order valence-electron chi connectivity index (χ3n) is 2.29. The molecule has 0 atom stereocenters. The summed E-state index contributed by atoms with van der Waals surface area (Å²) in [6.07, 6.45) is 1.12. The summed E-state index contributed by atoms with van der Waals surface area (Å²) in [5.41, 5.74) is 0.503. The predicted octanol–water partition coefficient (Wildman–Crippen LogP) is 0.803. The minimum Gasteiger partial charge on any atom is -0.392 e. The van der Waals surface area contributed by atoms with Gasteiger partial charge in [-0.3, -0.25) is 0 Å². The van der Waals surface area contributed by atoms with Crippen LogP contribution >= 0.6 is 15.9 Å². The van der Waals surface area contributed by atoms with Crippen molar-refractivity contribution in [3.05, 3.63) is 40.5 Å². The monoisotopic (exact) mass is 347 g/mol. The van der Waals surface area contributed by atoms with Crippen molar-refractivity contribution in [1.82, 2.24) is 14.9 Å². The van der Waals surface area contributed by atoms with E-state index in [-0.39, 0.29) is 23.9 Å².